The molecule has 0 aliphatic rings. The van der Waals surface area contributed by atoms with Crippen LogP contribution < -0.4 is 4.72 Å². The third kappa shape index (κ3) is 8.88. The monoisotopic (exact) mass is 444 g/mol. The third-order valence-corrected chi connectivity index (χ3v) is 4.90. The van der Waals surface area contributed by atoms with Crippen molar-refractivity contribution in [3.05, 3.63) is 89.3 Å². The van der Waals surface area contributed by atoms with Crippen molar-refractivity contribution in [2.24, 2.45) is 0 Å². The maximum Gasteiger partial charge on any atom is 0.253 e. The number of aliphatic hydroxyl groups is 1. The van der Waals surface area contributed by atoms with E-state index in [4.69, 9.17) is 9.84 Å². The average molecular weight is 445 g/mol. The molecular formula is C24H32N2O4S. The normalized spacial score (nSPS) is 12.1. The van der Waals surface area contributed by atoms with Crippen molar-refractivity contribution in [3.63, 3.8) is 0 Å². The fourth-order valence-electron chi connectivity index (χ4n) is 2.61. The van der Waals surface area contributed by atoms with Crippen LogP contribution in [0.15, 0.2) is 83.7 Å². The Balaban J connectivity index is 3.44. The Labute approximate surface area is 189 Å². The van der Waals surface area contributed by atoms with E-state index in [2.05, 4.69) is 24.5 Å². The highest BCUT2D eigenvalue weighted by atomic mass is 32.2. The molecule has 1 aromatic carbocycles. The van der Waals surface area contributed by atoms with Crippen LogP contribution in [0.25, 0.3) is 0 Å². The SMILES string of the molecule is C=C/C(=C\C(=C)C)O/C(SNC)=C(\Cc1ccc(O)cc1)C(=C)C(=O)N(C)CCCO. The highest BCUT2D eigenvalue weighted by Gasteiger charge is 2.22. The summed E-state index contributed by atoms with van der Waals surface area (Å²) in [6.07, 6.45) is 4.16. The highest BCUT2D eigenvalue weighted by Crippen LogP contribution is 2.30. The highest BCUT2D eigenvalue weighted by molar-refractivity contribution is 8.01. The molecule has 168 valence electrons. The Morgan fingerprint density at radius 3 is 2.45 bits per heavy atom. The van der Waals surface area contributed by atoms with E-state index >= 15 is 0 Å². The van der Waals surface area contributed by atoms with Gasteiger partial charge < -0.3 is 19.8 Å². The van der Waals surface area contributed by atoms with Crippen molar-refractivity contribution in [3.8, 4) is 5.75 Å². The van der Waals surface area contributed by atoms with Crippen LogP contribution in [0.5, 0.6) is 5.75 Å². The number of hydrogen-bond acceptors (Lipinski definition) is 6. The number of phenols is 1. The summed E-state index contributed by atoms with van der Waals surface area (Å²) in [7, 11) is 3.42. The van der Waals surface area contributed by atoms with Gasteiger partial charge in [-0.25, -0.2) is 0 Å². The zero-order valence-electron chi connectivity index (χ0n) is 18.5. The molecule has 0 spiro atoms. The summed E-state index contributed by atoms with van der Waals surface area (Å²) in [5.41, 5.74) is 2.55. The minimum absolute atomic E-state index is 0.00133. The predicted molar refractivity (Wildman–Crippen MR) is 128 cm³/mol. The molecule has 0 atom stereocenters. The van der Waals surface area contributed by atoms with Gasteiger partial charge >= 0.3 is 0 Å². The number of aliphatic hydroxyl groups excluding tert-OH is 1. The van der Waals surface area contributed by atoms with E-state index in [1.54, 1.807) is 50.5 Å². The molecule has 0 radical (unpaired) electrons. The summed E-state index contributed by atoms with van der Waals surface area (Å²) < 4.78 is 9.08. The number of nitrogens with zero attached hydrogens (tertiary/aromatic N) is 1. The van der Waals surface area contributed by atoms with E-state index in [1.165, 1.54) is 16.8 Å². The molecular weight excluding hydrogens is 412 g/mol. The number of hydrogen-bond donors (Lipinski definition) is 3. The number of nitrogens with one attached hydrogen (secondary N) is 1. The van der Waals surface area contributed by atoms with E-state index in [0.29, 0.717) is 35.8 Å². The lowest BCUT2D eigenvalue weighted by molar-refractivity contribution is -0.125. The van der Waals surface area contributed by atoms with Crippen molar-refractivity contribution in [2.45, 2.75) is 19.8 Å². The first-order valence-electron chi connectivity index (χ1n) is 9.81. The minimum Gasteiger partial charge on any atom is -0.508 e. The lowest BCUT2D eigenvalue weighted by atomic mass is 9.99. The van der Waals surface area contributed by atoms with Crippen LogP contribution in [0, 0.1) is 0 Å². The number of amides is 1. The molecule has 0 saturated heterocycles. The van der Waals surface area contributed by atoms with Gasteiger partial charge in [-0.3, -0.25) is 9.52 Å². The first kappa shape index (κ1) is 26.3. The van der Waals surface area contributed by atoms with Gasteiger partial charge in [0.25, 0.3) is 5.91 Å². The molecule has 0 fully saturated rings. The molecule has 0 heterocycles. The number of carbonyl (C=O) groups excluding carboxylic acids is 1. The quantitative estimate of drug-likeness (QED) is 0.184. The predicted octanol–water partition coefficient (Wildman–Crippen LogP) is 4.07. The molecule has 1 rings (SSSR count). The second kappa shape index (κ2) is 13.5. The Morgan fingerprint density at radius 1 is 1.29 bits per heavy atom. The van der Waals surface area contributed by atoms with Crippen LogP contribution in [0.1, 0.15) is 18.9 Å². The van der Waals surface area contributed by atoms with Crippen LogP contribution in [0.2, 0.25) is 0 Å². The standard InChI is InChI=1S/C24H32N2O4S/c1-7-21(15-17(2)3)30-24(31-25-5)22(16-19-9-11-20(28)12-10-19)18(4)23(29)26(6)13-8-14-27/h7,9-12,15,25,27-28H,1-2,4,8,13-14,16H2,3,5-6H3/b21-15+,24-22-. The van der Waals surface area contributed by atoms with E-state index in [0.717, 1.165) is 11.1 Å². The number of likely N-dealkylation sites (N-methyl/N-ethyl adjacent to an activating group) is 1. The number of aromatic hydroxyl groups is 1. The Kier molecular flexibility index (Phi) is 11.5. The van der Waals surface area contributed by atoms with Gasteiger partial charge in [-0.15, -0.1) is 0 Å². The maximum absolute atomic E-state index is 13.0. The zero-order chi connectivity index (χ0) is 23.4. The van der Waals surface area contributed by atoms with E-state index in [1.807, 2.05) is 6.92 Å². The number of allylic oxidation sites excluding steroid dienone is 3. The number of phenolic OH excluding ortho intramolecular Hbond substituents is 1. The molecule has 0 aliphatic heterocycles. The second-order valence-corrected chi connectivity index (χ2v) is 7.88. The molecule has 0 saturated carbocycles. The first-order chi connectivity index (χ1) is 14.7. The molecule has 1 aromatic rings. The van der Waals surface area contributed by atoms with Gasteiger partial charge in [0.05, 0.1) is 0 Å². The summed E-state index contributed by atoms with van der Waals surface area (Å²) in [6, 6.07) is 6.74. The van der Waals surface area contributed by atoms with Gasteiger partial charge in [-0.2, -0.15) is 0 Å². The average Bonchev–Trinajstić information content (AvgIpc) is 2.74. The van der Waals surface area contributed by atoms with Gasteiger partial charge in [-0.1, -0.05) is 37.4 Å². The molecule has 0 aromatic heterocycles. The molecule has 0 aliphatic carbocycles. The fourth-order valence-corrected chi connectivity index (χ4v) is 3.25. The summed E-state index contributed by atoms with van der Waals surface area (Å²) in [5, 5.41) is 19.1. The minimum atomic E-state index is -0.260. The number of ether oxygens (including phenoxy) is 1. The van der Waals surface area contributed by atoms with Crippen LogP contribution in [0.4, 0.5) is 0 Å². The van der Waals surface area contributed by atoms with Crippen LogP contribution >= 0.6 is 11.9 Å². The van der Waals surface area contributed by atoms with E-state index in [-0.39, 0.29) is 23.8 Å². The first-order valence-corrected chi connectivity index (χ1v) is 10.6. The van der Waals surface area contributed by atoms with Crippen molar-refractivity contribution in [1.29, 1.82) is 0 Å². The number of rotatable bonds is 13. The van der Waals surface area contributed by atoms with Crippen LogP contribution in [0.3, 0.4) is 0 Å². The van der Waals surface area contributed by atoms with Gasteiger partial charge in [0.1, 0.15) is 11.5 Å². The molecule has 7 heteroatoms. The van der Waals surface area contributed by atoms with Crippen molar-refractivity contribution < 1.29 is 19.7 Å². The Bertz CT molecular complexity index is 857. The fraction of sp³-hybridized carbons (Fsp3) is 0.292. The maximum atomic E-state index is 13.0. The largest absolute Gasteiger partial charge is 0.508 e. The molecule has 31 heavy (non-hydrogen) atoms. The molecule has 6 nitrogen and oxygen atoms in total. The van der Waals surface area contributed by atoms with Crippen LogP contribution in [-0.2, 0) is 16.0 Å². The van der Waals surface area contributed by atoms with E-state index in [9.17, 15) is 9.90 Å². The number of carbonyl (C=O) groups is 1. The lowest BCUT2D eigenvalue weighted by Crippen LogP contribution is -2.30. The van der Waals surface area contributed by atoms with Crippen molar-refractivity contribution >= 4 is 17.9 Å². The lowest BCUT2D eigenvalue weighted by Gasteiger charge is -2.22. The summed E-state index contributed by atoms with van der Waals surface area (Å²) >= 11 is 1.22. The molecule has 3 N–H and O–H groups in total. The number of benzene rings is 1. The zero-order valence-corrected chi connectivity index (χ0v) is 19.3. The van der Waals surface area contributed by atoms with E-state index < -0.39 is 0 Å². The Hall–Kier alpha value is -2.74. The molecule has 0 bridgehead atoms. The van der Waals surface area contributed by atoms with Gasteiger partial charge in [0.2, 0.25) is 0 Å². The molecule has 0 unspecified atom stereocenters. The van der Waals surface area contributed by atoms with Crippen LogP contribution in [-0.4, -0.2) is 48.3 Å². The summed E-state index contributed by atoms with van der Waals surface area (Å²) in [4.78, 5) is 14.5. The Morgan fingerprint density at radius 2 is 1.94 bits per heavy atom. The second-order valence-electron chi connectivity index (χ2n) is 6.90. The van der Waals surface area contributed by atoms with Gasteiger partial charge in [0.15, 0.2) is 5.09 Å². The van der Waals surface area contributed by atoms with Crippen molar-refractivity contribution in [1.82, 2.24) is 9.62 Å². The summed E-state index contributed by atoms with van der Waals surface area (Å²) in [5.74, 6) is 0.388. The smallest absolute Gasteiger partial charge is 0.253 e. The van der Waals surface area contributed by atoms with Crippen molar-refractivity contribution in [2.75, 3.05) is 27.2 Å². The third-order valence-electron chi connectivity index (χ3n) is 4.18. The van der Waals surface area contributed by atoms with Gasteiger partial charge in [-0.05, 0) is 62.2 Å². The summed E-state index contributed by atoms with van der Waals surface area (Å²) in [6.45, 7) is 14.0. The molecule has 1 amide bonds. The topological polar surface area (TPSA) is 82.0 Å². The van der Waals surface area contributed by atoms with Gasteiger partial charge in [0, 0.05) is 37.8 Å².